The highest BCUT2D eigenvalue weighted by Gasteiger charge is 2.59. The van der Waals surface area contributed by atoms with Gasteiger partial charge >= 0.3 is 0 Å². The fourth-order valence-electron chi connectivity index (χ4n) is 9.47. The highest BCUT2D eigenvalue weighted by Crippen LogP contribution is 2.67. The quantitative estimate of drug-likeness (QED) is 0.468. The monoisotopic (exact) mass is 428 g/mol. The van der Waals surface area contributed by atoms with E-state index in [2.05, 4.69) is 26.8 Å². The minimum atomic E-state index is -0.487. The van der Waals surface area contributed by atoms with Gasteiger partial charge in [0.15, 0.2) is 0 Å². The minimum Gasteiger partial charge on any atom is -0.393 e. The molecule has 2 nitrogen and oxygen atoms in total. The van der Waals surface area contributed by atoms with Gasteiger partial charge in [-0.3, -0.25) is 0 Å². The summed E-state index contributed by atoms with van der Waals surface area (Å²) in [5, 5.41) is 21.3. The van der Waals surface area contributed by atoms with E-state index in [4.69, 9.17) is 0 Å². The summed E-state index contributed by atoms with van der Waals surface area (Å²) >= 11 is 0. The predicted molar refractivity (Wildman–Crippen MR) is 128 cm³/mol. The van der Waals surface area contributed by atoms with E-state index >= 15 is 0 Å². The molecule has 2 N–H and O–H groups in total. The molecule has 9 atom stereocenters. The smallest absolute Gasteiger partial charge is 0.0657 e. The van der Waals surface area contributed by atoms with Crippen molar-refractivity contribution >= 4 is 0 Å². The number of hydrogen-bond acceptors (Lipinski definition) is 2. The molecular weight excluding hydrogens is 380 g/mol. The Bertz CT molecular complexity index is 706. The third-order valence-electron chi connectivity index (χ3n) is 11.8. The second-order valence-electron chi connectivity index (χ2n) is 13.5. The second kappa shape index (κ2) is 7.86. The summed E-state index contributed by atoms with van der Waals surface area (Å²) in [7, 11) is 0. The van der Waals surface area contributed by atoms with Crippen molar-refractivity contribution in [1.29, 1.82) is 0 Å². The molecule has 0 spiro atoms. The number of allylic oxidation sites excluding steroid dienone is 1. The summed E-state index contributed by atoms with van der Waals surface area (Å²) in [5.74, 6) is 4.76. The molecule has 4 fully saturated rings. The molecule has 0 aromatic heterocycles. The van der Waals surface area contributed by atoms with Crippen LogP contribution in [0, 0.1) is 46.3 Å². The summed E-state index contributed by atoms with van der Waals surface area (Å²) in [6, 6.07) is 0. The van der Waals surface area contributed by atoms with Crippen molar-refractivity contribution in [3.63, 3.8) is 0 Å². The van der Waals surface area contributed by atoms with Gasteiger partial charge < -0.3 is 10.2 Å². The topological polar surface area (TPSA) is 40.5 Å². The molecule has 0 aromatic rings. The highest BCUT2D eigenvalue weighted by atomic mass is 16.3. The third-order valence-corrected chi connectivity index (χ3v) is 11.8. The van der Waals surface area contributed by atoms with Gasteiger partial charge in [-0.2, -0.15) is 0 Å². The molecule has 0 heterocycles. The molecule has 2 heteroatoms. The highest BCUT2D eigenvalue weighted by molar-refractivity contribution is 5.26. The maximum Gasteiger partial charge on any atom is 0.0657 e. The average molecular weight is 429 g/mol. The Hall–Kier alpha value is -0.340. The van der Waals surface area contributed by atoms with Crippen molar-refractivity contribution in [2.24, 2.45) is 46.3 Å². The van der Waals surface area contributed by atoms with E-state index in [0.717, 1.165) is 48.9 Å². The van der Waals surface area contributed by atoms with Crippen LogP contribution in [0.2, 0.25) is 0 Å². The molecule has 0 unspecified atom stereocenters. The van der Waals surface area contributed by atoms with Crippen LogP contribution in [0.1, 0.15) is 111 Å². The number of rotatable bonds is 5. The van der Waals surface area contributed by atoms with Gasteiger partial charge in [0.1, 0.15) is 0 Å². The molecule has 0 amide bonds. The number of aliphatic hydroxyl groups excluding tert-OH is 1. The molecule has 0 bridgehead atoms. The SMILES string of the molecule is C[C@H](CC[C@H](O)C1CCC1)[C@H]1CC[C@H]2[C@@H]3CC=C4C[C@@](C)(O)CC[C@]4(C)[C@H]3CC[C@]12C. The standard InChI is InChI=1S/C29H48O2/c1-19(8-13-26(30)20-6-5-7-20)23-11-12-24-22-10-9-21-18-27(2,31)16-17-28(21,3)25(22)14-15-29(23,24)4/h9,19-20,22-26,30-31H,5-8,10-18H2,1-4H3/t19-,22+,23-,24+,25+,26+,27+,28+,29-/m1/s1. The zero-order valence-electron chi connectivity index (χ0n) is 20.7. The van der Waals surface area contributed by atoms with Crippen molar-refractivity contribution in [2.75, 3.05) is 0 Å². The molecular formula is C29H48O2. The van der Waals surface area contributed by atoms with Gasteiger partial charge in [-0.25, -0.2) is 0 Å². The van der Waals surface area contributed by atoms with E-state index in [0.29, 0.717) is 16.7 Å². The van der Waals surface area contributed by atoms with E-state index in [9.17, 15) is 10.2 Å². The molecule has 31 heavy (non-hydrogen) atoms. The van der Waals surface area contributed by atoms with Crippen molar-refractivity contribution in [1.82, 2.24) is 0 Å². The van der Waals surface area contributed by atoms with Crippen LogP contribution < -0.4 is 0 Å². The minimum absolute atomic E-state index is 0.0395. The Labute approximate surface area is 191 Å². The first-order chi connectivity index (χ1) is 14.6. The van der Waals surface area contributed by atoms with Crippen LogP contribution in [-0.2, 0) is 0 Å². The van der Waals surface area contributed by atoms with Gasteiger partial charge in [0, 0.05) is 0 Å². The first-order valence-electron chi connectivity index (χ1n) is 13.7. The van der Waals surface area contributed by atoms with Crippen molar-refractivity contribution in [3.8, 4) is 0 Å². The summed E-state index contributed by atoms with van der Waals surface area (Å²) < 4.78 is 0. The first kappa shape index (κ1) is 22.5. The van der Waals surface area contributed by atoms with Gasteiger partial charge in [0.05, 0.1) is 11.7 Å². The normalized spacial score (nSPS) is 49.3. The van der Waals surface area contributed by atoms with Crippen molar-refractivity contribution in [3.05, 3.63) is 11.6 Å². The molecule has 5 rings (SSSR count). The predicted octanol–water partition coefficient (Wildman–Crippen LogP) is 6.89. The van der Waals surface area contributed by atoms with Crippen LogP contribution in [0.25, 0.3) is 0 Å². The van der Waals surface area contributed by atoms with Crippen LogP contribution in [0.15, 0.2) is 11.6 Å². The largest absolute Gasteiger partial charge is 0.393 e. The Morgan fingerprint density at radius 1 is 0.968 bits per heavy atom. The average Bonchev–Trinajstić information content (AvgIpc) is 3.02. The van der Waals surface area contributed by atoms with Crippen LogP contribution in [0.3, 0.4) is 0 Å². The fraction of sp³-hybridized carbons (Fsp3) is 0.931. The lowest BCUT2D eigenvalue weighted by Gasteiger charge is -2.59. The van der Waals surface area contributed by atoms with Gasteiger partial charge in [-0.05, 0) is 130 Å². The molecule has 0 radical (unpaired) electrons. The summed E-state index contributed by atoms with van der Waals surface area (Å²) in [6.07, 6.45) is 18.5. The van der Waals surface area contributed by atoms with E-state index < -0.39 is 5.60 Å². The fourth-order valence-corrected chi connectivity index (χ4v) is 9.47. The molecule has 5 aliphatic carbocycles. The molecule has 0 saturated heterocycles. The first-order valence-corrected chi connectivity index (χ1v) is 13.7. The van der Waals surface area contributed by atoms with Crippen LogP contribution in [0.4, 0.5) is 0 Å². The summed E-state index contributed by atoms with van der Waals surface area (Å²) in [4.78, 5) is 0. The Morgan fingerprint density at radius 3 is 2.45 bits per heavy atom. The molecule has 0 aromatic carbocycles. The maximum atomic E-state index is 10.7. The molecule has 176 valence electrons. The Kier molecular flexibility index (Phi) is 5.70. The third kappa shape index (κ3) is 3.67. The van der Waals surface area contributed by atoms with Crippen LogP contribution in [0.5, 0.6) is 0 Å². The number of aliphatic hydroxyl groups is 2. The second-order valence-corrected chi connectivity index (χ2v) is 13.5. The van der Waals surface area contributed by atoms with Gasteiger partial charge in [0.2, 0.25) is 0 Å². The number of fused-ring (bicyclic) bond motifs is 5. The van der Waals surface area contributed by atoms with Gasteiger partial charge in [-0.1, -0.05) is 38.8 Å². The molecule has 5 aliphatic rings. The lowest BCUT2D eigenvalue weighted by molar-refractivity contribution is -0.0712. The molecule has 0 aliphatic heterocycles. The lowest BCUT2D eigenvalue weighted by Crippen LogP contribution is -2.52. The number of hydrogen-bond donors (Lipinski definition) is 2. The lowest BCUT2D eigenvalue weighted by atomic mass is 9.46. The Balaban J connectivity index is 1.28. The maximum absolute atomic E-state index is 10.7. The van der Waals surface area contributed by atoms with E-state index in [-0.39, 0.29) is 6.10 Å². The van der Waals surface area contributed by atoms with Crippen molar-refractivity contribution < 1.29 is 10.2 Å². The summed E-state index contributed by atoms with van der Waals surface area (Å²) in [6.45, 7) is 9.74. The van der Waals surface area contributed by atoms with Crippen LogP contribution in [-0.4, -0.2) is 21.9 Å². The Morgan fingerprint density at radius 2 is 1.74 bits per heavy atom. The van der Waals surface area contributed by atoms with E-state index in [1.807, 2.05) is 6.92 Å². The van der Waals surface area contributed by atoms with Crippen molar-refractivity contribution in [2.45, 2.75) is 123 Å². The van der Waals surface area contributed by atoms with Crippen LogP contribution >= 0.6 is 0 Å². The van der Waals surface area contributed by atoms with Gasteiger partial charge in [-0.15, -0.1) is 0 Å². The zero-order chi connectivity index (χ0) is 22.0. The molecule has 4 saturated carbocycles. The van der Waals surface area contributed by atoms with E-state index in [1.165, 1.54) is 64.2 Å². The summed E-state index contributed by atoms with van der Waals surface area (Å²) in [5.41, 5.74) is 1.94. The van der Waals surface area contributed by atoms with Gasteiger partial charge in [0.25, 0.3) is 0 Å². The van der Waals surface area contributed by atoms with E-state index in [1.54, 1.807) is 5.57 Å². The zero-order valence-corrected chi connectivity index (χ0v) is 20.7.